The van der Waals surface area contributed by atoms with Crippen molar-refractivity contribution in [3.63, 3.8) is 0 Å². The topological polar surface area (TPSA) is 72.1 Å². The Morgan fingerprint density at radius 1 is 1.21 bits per heavy atom. The second-order valence-electron chi connectivity index (χ2n) is 7.24. The molecule has 1 aliphatic heterocycles. The van der Waals surface area contributed by atoms with Gasteiger partial charge in [-0.25, -0.2) is 9.97 Å². The third kappa shape index (κ3) is 3.67. The van der Waals surface area contributed by atoms with Crippen LogP contribution in [0.2, 0.25) is 0 Å². The lowest BCUT2D eigenvalue weighted by Crippen LogP contribution is -2.31. The van der Waals surface area contributed by atoms with Crippen LogP contribution in [0.15, 0.2) is 47.1 Å². The van der Waals surface area contributed by atoms with Gasteiger partial charge >= 0.3 is 0 Å². The number of rotatable bonds is 5. The number of carbonyl (C=O) groups excluding carboxylic acids is 1. The van der Waals surface area contributed by atoms with Crippen LogP contribution >= 0.6 is 0 Å². The van der Waals surface area contributed by atoms with Crippen LogP contribution in [-0.4, -0.2) is 32.5 Å². The minimum atomic E-state index is 0.00509. The maximum absolute atomic E-state index is 12.9. The van der Waals surface area contributed by atoms with Gasteiger partial charge in [-0.15, -0.1) is 0 Å². The van der Waals surface area contributed by atoms with E-state index >= 15 is 0 Å². The summed E-state index contributed by atoms with van der Waals surface area (Å²) >= 11 is 0. The molecule has 1 atom stereocenters. The van der Waals surface area contributed by atoms with Gasteiger partial charge in [0, 0.05) is 19.2 Å². The van der Waals surface area contributed by atoms with E-state index in [-0.39, 0.29) is 11.9 Å². The van der Waals surface area contributed by atoms with Gasteiger partial charge in [-0.3, -0.25) is 4.79 Å². The van der Waals surface area contributed by atoms with E-state index in [4.69, 9.17) is 9.51 Å². The van der Waals surface area contributed by atoms with E-state index in [0.29, 0.717) is 18.0 Å². The molecule has 1 fully saturated rings. The number of aromatic nitrogens is 3. The first-order valence-corrected chi connectivity index (χ1v) is 9.73. The van der Waals surface area contributed by atoms with Crippen molar-refractivity contribution in [1.82, 2.24) is 20.0 Å². The van der Waals surface area contributed by atoms with Gasteiger partial charge < -0.3 is 9.42 Å². The second-order valence-corrected chi connectivity index (χ2v) is 7.24. The van der Waals surface area contributed by atoms with Crippen LogP contribution < -0.4 is 0 Å². The van der Waals surface area contributed by atoms with Gasteiger partial charge in [-0.1, -0.05) is 35.5 Å². The van der Waals surface area contributed by atoms with Crippen molar-refractivity contribution in [3.05, 3.63) is 65.3 Å². The average molecular weight is 376 g/mol. The molecule has 2 aromatic heterocycles. The highest BCUT2D eigenvalue weighted by Crippen LogP contribution is 2.33. The van der Waals surface area contributed by atoms with E-state index < -0.39 is 0 Å². The maximum atomic E-state index is 12.9. The highest BCUT2D eigenvalue weighted by Gasteiger charge is 2.31. The number of aryl methyl sites for hydroxylation is 3. The Bertz CT molecular complexity index is 948. The van der Waals surface area contributed by atoms with Crippen LogP contribution in [0.1, 0.15) is 48.0 Å². The number of nitrogens with zero attached hydrogens (tertiary/aromatic N) is 4. The summed E-state index contributed by atoms with van der Waals surface area (Å²) in [5, 5.41) is 4.00. The maximum Gasteiger partial charge on any atom is 0.223 e. The Morgan fingerprint density at radius 3 is 2.79 bits per heavy atom. The van der Waals surface area contributed by atoms with Gasteiger partial charge in [-0.2, -0.15) is 0 Å². The molecule has 4 rings (SSSR count). The Kier molecular flexibility index (Phi) is 5.19. The minimum Gasteiger partial charge on any atom is -0.361 e. The van der Waals surface area contributed by atoms with Crippen LogP contribution in [0, 0.1) is 13.8 Å². The fourth-order valence-corrected chi connectivity index (χ4v) is 3.89. The van der Waals surface area contributed by atoms with Crippen LogP contribution in [0.3, 0.4) is 0 Å². The van der Waals surface area contributed by atoms with Gasteiger partial charge in [0.15, 0.2) is 5.82 Å². The Morgan fingerprint density at radius 2 is 2.04 bits per heavy atom. The molecule has 3 aromatic rings. The first-order chi connectivity index (χ1) is 13.6. The molecule has 3 heterocycles. The molecule has 0 aliphatic carbocycles. The molecule has 1 saturated heterocycles. The van der Waals surface area contributed by atoms with Gasteiger partial charge in [0.1, 0.15) is 5.76 Å². The highest BCUT2D eigenvalue weighted by molar-refractivity contribution is 5.77. The standard InChI is InChI=1S/C22H24N4O2/c1-15-21(16(2)28-25-15)22-23-13-12-18(24-22)19-9-6-14-26(19)20(27)11-10-17-7-4-3-5-8-17/h3-5,7-8,12-13,19H,6,9-11,14H2,1-2H3/t19-/m1/s1. The van der Waals surface area contributed by atoms with Crippen LogP contribution in [0.5, 0.6) is 0 Å². The Balaban J connectivity index is 1.52. The molecule has 0 N–H and O–H groups in total. The van der Waals surface area contributed by atoms with Gasteiger partial charge in [0.2, 0.25) is 5.91 Å². The van der Waals surface area contributed by atoms with Gasteiger partial charge in [-0.05, 0) is 44.7 Å². The van der Waals surface area contributed by atoms with Crippen molar-refractivity contribution in [2.45, 2.75) is 45.6 Å². The fraction of sp³-hybridized carbons (Fsp3) is 0.364. The number of likely N-dealkylation sites (tertiary alicyclic amines) is 1. The molecule has 1 aliphatic rings. The largest absolute Gasteiger partial charge is 0.361 e. The smallest absolute Gasteiger partial charge is 0.223 e. The Labute approximate surface area is 164 Å². The van der Waals surface area contributed by atoms with Crippen LogP contribution in [0.25, 0.3) is 11.4 Å². The quantitative estimate of drug-likeness (QED) is 0.672. The third-order valence-corrected chi connectivity index (χ3v) is 5.32. The lowest BCUT2D eigenvalue weighted by molar-refractivity contribution is -0.132. The minimum absolute atomic E-state index is 0.00509. The molecule has 0 bridgehead atoms. The molecule has 1 amide bonds. The normalized spacial score (nSPS) is 16.5. The van der Waals surface area contributed by atoms with E-state index in [1.54, 1.807) is 6.20 Å². The van der Waals surface area contributed by atoms with E-state index in [0.717, 1.165) is 42.8 Å². The van der Waals surface area contributed by atoms with E-state index in [9.17, 15) is 4.79 Å². The van der Waals surface area contributed by atoms with Gasteiger partial charge in [0.05, 0.1) is 23.0 Å². The zero-order valence-corrected chi connectivity index (χ0v) is 16.3. The summed E-state index contributed by atoms with van der Waals surface area (Å²) in [6.07, 6.45) is 4.95. The lowest BCUT2D eigenvalue weighted by atomic mass is 10.1. The number of hydrogen-bond acceptors (Lipinski definition) is 5. The van der Waals surface area contributed by atoms with Crippen LogP contribution in [0.4, 0.5) is 0 Å². The van der Waals surface area contributed by atoms with E-state index in [1.807, 2.05) is 43.0 Å². The van der Waals surface area contributed by atoms with E-state index in [2.05, 4.69) is 22.3 Å². The zero-order valence-electron chi connectivity index (χ0n) is 16.3. The molecule has 0 saturated carbocycles. The molecule has 1 aromatic carbocycles. The molecule has 0 radical (unpaired) electrons. The molecule has 28 heavy (non-hydrogen) atoms. The second kappa shape index (κ2) is 7.92. The lowest BCUT2D eigenvalue weighted by Gasteiger charge is -2.24. The summed E-state index contributed by atoms with van der Waals surface area (Å²) in [7, 11) is 0. The summed E-state index contributed by atoms with van der Waals surface area (Å²) < 4.78 is 5.25. The average Bonchev–Trinajstić information content (AvgIpc) is 3.34. The molecule has 144 valence electrons. The summed E-state index contributed by atoms with van der Waals surface area (Å²) in [5.41, 5.74) is 3.68. The van der Waals surface area contributed by atoms with Gasteiger partial charge in [0.25, 0.3) is 0 Å². The predicted octanol–water partition coefficient (Wildman–Crippen LogP) is 4.04. The first kappa shape index (κ1) is 18.3. The number of carbonyl (C=O) groups is 1. The zero-order chi connectivity index (χ0) is 19.5. The van der Waals surface area contributed by atoms with Crippen molar-refractivity contribution >= 4 is 5.91 Å². The SMILES string of the molecule is Cc1noc(C)c1-c1nccc([C@H]2CCCN2C(=O)CCc2ccccc2)n1. The van der Waals surface area contributed by atoms with Crippen molar-refractivity contribution in [2.24, 2.45) is 0 Å². The molecule has 0 unspecified atom stereocenters. The van der Waals surface area contributed by atoms with Crippen molar-refractivity contribution in [1.29, 1.82) is 0 Å². The highest BCUT2D eigenvalue weighted by atomic mass is 16.5. The molecular formula is C22H24N4O2. The Hall–Kier alpha value is -3.02. The monoisotopic (exact) mass is 376 g/mol. The molecule has 6 nitrogen and oxygen atoms in total. The van der Waals surface area contributed by atoms with E-state index in [1.165, 1.54) is 5.56 Å². The number of amides is 1. The summed E-state index contributed by atoms with van der Waals surface area (Å²) in [5.74, 6) is 1.50. The number of benzene rings is 1. The molecule has 0 spiro atoms. The van der Waals surface area contributed by atoms with Crippen LogP contribution in [-0.2, 0) is 11.2 Å². The van der Waals surface area contributed by atoms with Crippen molar-refractivity contribution in [3.8, 4) is 11.4 Å². The van der Waals surface area contributed by atoms with Crippen molar-refractivity contribution < 1.29 is 9.32 Å². The predicted molar refractivity (Wildman–Crippen MR) is 105 cm³/mol. The number of hydrogen-bond donors (Lipinski definition) is 0. The summed E-state index contributed by atoms with van der Waals surface area (Å²) in [6.45, 7) is 4.53. The first-order valence-electron chi connectivity index (χ1n) is 9.73. The van der Waals surface area contributed by atoms with Crippen molar-refractivity contribution in [2.75, 3.05) is 6.54 Å². The summed E-state index contributed by atoms with van der Waals surface area (Å²) in [6, 6.07) is 12.1. The summed E-state index contributed by atoms with van der Waals surface area (Å²) in [4.78, 5) is 24.0. The molecule has 6 heteroatoms. The molecular weight excluding hydrogens is 352 g/mol. The third-order valence-electron chi connectivity index (χ3n) is 5.32. The fourth-order valence-electron chi connectivity index (χ4n) is 3.89.